The lowest BCUT2D eigenvalue weighted by atomic mass is 9.33. The van der Waals surface area contributed by atoms with E-state index in [9.17, 15) is 0 Å². The zero-order valence-electron chi connectivity index (χ0n) is 50.4. The molecule has 0 radical (unpaired) electrons. The summed E-state index contributed by atoms with van der Waals surface area (Å²) in [6.45, 7) is 11.3. The maximum Gasteiger partial charge on any atom is 0.252 e. The molecule has 14 aromatic rings. The smallest absolute Gasteiger partial charge is 0.252 e. The van der Waals surface area contributed by atoms with Crippen molar-refractivity contribution < 1.29 is 8.83 Å². The average Bonchev–Trinajstić information content (AvgIpc) is 1.16. The first kappa shape index (κ1) is 53.5. The van der Waals surface area contributed by atoms with E-state index in [1.165, 1.54) is 33.1 Å². The Morgan fingerprint density at radius 2 is 0.831 bits per heavy atom. The number of furan rings is 2. The van der Waals surface area contributed by atoms with Crippen molar-refractivity contribution in [3.63, 3.8) is 0 Å². The van der Waals surface area contributed by atoms with Gasteiger partial charge in [-0.1, -0.05) is 178 Å². The van der Waals surface area contributed by atoms with E-state index in [-0.39, 0.29) is 12.1 Å². The molecule has 0 spiro atoms. The Labute approximate surface area is 520 Å². The van der Waals surface area contributed by atoms with Gasteiger partial charge in [0.05, 0.1) is 11.4 Å². The van der Waals surface area contributed by atoms with Crippen molar-refractivity contribution in [2.75, 3.05) is 19.6 Å². The Morgan fingerprint density at radius 1 is 0.337 bits per heavy atom. The standard InChI is InChI=1S/C82H63BN4O2/c1-54-23-22-24-55(2)81(54)87-73-51-67(84(63-29-12-7-13-30-63)64-31-14-8-15-32-64)42-43-70(73)83-71-50-62(82(3,4)5)39-44-72(71)86(68-46-60(56-25-10-6-11-26-56)45-61(47-68)79-49-59-28-19-21-36-77(59)89-79)74-52-69(53-75(87)80(74)83)85(65-33-16-9-17-34-65)66-40-37-57(38-41-66)78-48-58-27-18-20-35-76(58)88-78/h6-53H,1-5H3. The second-order valence-electron chi connectivity index (χ2n) is 24.7. The number of hydrogen-bond acceptors (Lipinski definition) is 6. The highest BCUT2D eigenvalue weighted by molar-refractivity contribution is 7.00. The fraction of sp³-hybridized carbons (Fsp3) is 0.0732. The van der Waals surface area contributed by atoms with Crippen LogP contribution >= 0.6 is 0 Å². The van der Waals surface area contributed by atoms with Crippen LogP contribution in [0.1, 0.15) is 37.5 Å². The molecule has 2 aliphatic heterocycles. The summed E-state index contributed by atoms with van der Waals surface area (Å²) < 4.78 is 13.3. The van der Waals surface area contributed by atoms with Gasteiger partial charge in [0, 0.05) is 78.8 Å². The van der Waals surface area contributed by atoms with Crippen LogP contribution in [0.2, 0.25) is 0 Å². The van der Waals surface area contributed by atoms with E-state index in [1.54, 1.807) is 0 Å². The molecule has 0 aliphatic carbocycles. The second-order valence-corrected chi connectivity index (χ2v) is 24.7. The van der Waals surface area contributed by atoms with Crippen LogP contribution < -0.4 is 36.0 Å². The Balaban J connectivity index is 1.01. The van der Waals surface area contributed by atoms with Gasteiger partial charge in [0.2, 0.25) is 0 Å². The number of anilines is 12. The minimum Gasteiger partial charge on any atom is -0.456 e. The molecule has 0 amide bonds. The van der Waals surface area contributed by atoms with E-state index in [1.807, 2.05) is 18.2 Å². The van der Waals surface area contributed by atoms with Crippen LogP contribution in [-0.4, -0.2) is 6.71 Å². The van der Waals surface area contributed by atoms with Crippen molar-refractivity contribution >= 4 is 113 Å². The summed E-state index contributed by atoms with van der Waals surface area (Å²) in [7, 11) is 0. The Hall–Kier alpha value is -11.0. The SMILES string of the molecule is Cc1cccc(C)c1N1c2cc(N(c3ccccc3)c3ccccc3)ccc2B2c3cc(C(C)(C)C)ccc3N(c3cc(-c4ccccc4)cc(-c4cc5ccccc5o4)c3)c3cc(N(c4ccccc4)c4ccc(-c5cc6ccccc6o5)cc4)cc1c32. The Bertz CT molecular complexity index is 4870. The van der Waals surface area contributed by atoms with E-state index in [0.29, 0.717) is 0 Å². The monoisotopic (exact) mass is 1150 g/mol. The number of para-hydroxylation sites is 6. The highest BCUT2D eigenvalue weighted by atomic mass is 16.3. The minimum atomic E-state index is -0.186. The van der Waals surface area contributed by atoms with Gasteiger partial charge in [-0.2, -0.15) is 0 Å². The summed E-state index contributed by atoms with van der Waals surface area (Å²) >= 11 is 0. The van der Waals surface area contributed by atoms with Gasteiger partial charge in [0.25, 0.3) is 6.71 Å². The van der Waals surface area contributed by atoms with E-state index >= 15 is 0 Å². The zero-order valence-corrected chi connectivity index (χ0v) is 50.4. The molecular formula is C82H63BN4O2. The first-order valence-corrected chi connectivity index (χ1v) is 30.7. The van der Waals surface area contributed by atoms with Crippen molar-refractivity contribution in [2.24, 2.45) is 0 Å². The third kappa shape index (κ3) is 9.37. The number of hydrogen-bond donors (Lipinski definition) is 0. The number of rotatable bonds is 11. The van der Waals surface area contributed by atoms with Crippen LogP contribution in [0.15, 0.2) is 300 Å². The first-order valence-electron chi connectivity index (χ1n) is 30.7. The summed E-state index contributed by atoms with van der Waals surface area (Å²) in [4.78, 5) is 9.97. The molecule has 7 heteroatoms. The molecule has 0 atom stereocenters. The fourth-order valence-corrected chi connectivity index (χ4v) is 13.7. The summed E-state index contributed by atoms with van der Waals surface area (Å²) in [5.74, 6) is 1.64. The third-order valence-corrected chi connectivity index (χ3v) is 18.0. The lowest BCUT2D eigenvalue weighted by molar-refractivity contribution is 0.591. The normalized spacial score (nSPS) is 12.5. The average molecular weight is 1150 g/mol. The van der Waals surface area contributed by atoms with Crippen molar-refractivity contribution in [3.8, 4) is 33.8 Å². The lowest BCUT2D eigenvalue weighted by Crippen LogP contribution is -2.61. The molecule has 0 unspecified atom stereocenters. The quantitative estimate of drug-likeness (QED) is 0.120. The van der Waals surface area contributed by atoms with E-state index < -0.39 is 0 Å². The molecule has 4 heterocycles. The zero-order chi connectivity index (χ0) is 59.9. The maximum absolute atomic E-state index is 6.81. The number of nitrogens with zero attached hydrogens (tertiary/aromatic N) is 4. The summed E-state index contributed by atoms with van der Waals surface area (Å²) in [6, 6.07) is 106. The van der Waals surface area contributed by atoms with Gasteiger partial charge in [-0.05, 0) is 197 Å². The van der Waals surface area contributed by atoms with Gasteiger partial charge < -0.3 is 28.4 Å². The maximum atomic E-state index is 6.81. The van der Waals surface area contributed by atoms with Crippen LogP contribution in [-0.2, 0) is 5.41 Å². The lowest BCUT2D eigenvalue weighted by Gasteiger charge is -2.46. The largest absolute Gasteiger partial charge is 0.456 e. The molecule has 2 aromatic heterocycles. The van der Waals surface area contributed by atoms with E-state index in [4.69, 9.17) is 8.83 Å². The van der Waals surface area contributed by atoms with Gasteiger partial charge in [-0.25, -0.2) is 0 Å². The van der Waals surface area contributed by atoms with Crippen LogP contribution in [0.5, 0.6) is 0 Å². The van der Waals surface area contributed by atoms with Crippen molar-refractivity contribution in [2.45, 2.75) is 40.0 Å². The molecule has 0 saturated heterocycles. The molecule has 0 bridgehead atoms. The van der Waals surface area contributed by atoms with Crippen molar-refractivity contribution in [3.05, 3.63) is 308 Å². The summed E-state index contributed by atoms with van der Waals surface area (Å²) in [5.41, 5.74) is 26.0. The highest BCUT2D eigenvalue weighted by Gasteiger charge is 2.45. The molecular weight excluding hydrogens is 1080 g/mol. The van der Waals surface area contributed by atoms with Gasteiger partial charge >= 0.3 is 0 Å². The van der Waals surface area contributed by atoms with Gasteiger partial charge in [-0.3, -0.25) is 0 Å². The van der Waals surface area contributed by atoms with Crippen molar-refractivity contribution in [1.29, 1.82) is 0 Å². The molecule has 2 aliphatic rings. The molecule has 89 heavy (non-hydrogen) atoms. The fourth-order valence-electron chi connectivity index (χ4n) is 13.7. The topological polar surface area (TPSA) is 39.2 Å². The molecule has 0 saturated carbocycles. The Kier molecular flexibility index (Phi) is 12.9. The number of benzene rings is 12. The van der Waals surface area contributed by atoms with Crippen LogP contribution in [0.4, 0.5) is 68.2 Å². The molecule has 6 nitrogen and oxygen atoms in total. The highest BCUT2D eigenvalue weighted by Crippen LogP contribution is 2.52. The summed E-state index contributed by atoms with van der Waals surface area (Å²) in [6.07, 6.45) is 0. The Morgan fingerprint density at radius 3 is 1.42 bits per heavy atom. The van der Waals surface area contributed by atoms with Crippen LogP contribution in [0.25, 0.3) is 55.7 Å². The number of aryl methyl sites for hydroxylation is 2. The molecule has 12 aromatic carbocycles. The minimum absolute atomic E-state index is 0.151. The van der Waals surface area contributed by atoms with Gasteiger partial charge in [-0.15, -0.1) is 0 Å². The predicted octanol–water partition coefficient (Wildman–Crippen LogP) is 21.1. The van der Waals surface area contributed by atoms with E-state index in [0.717, 1.165) is 124 Å². The molecule has 16 rings (SSSR count). The molecule has 0 N–H and O–H groups in total. The number of fused-ring (bicyclic) bond motifs is 6. The summed E-state index contributed by atoms with van der Waals surface area (Å²) in [5, 5.41) is 2.14. The van der Waals surface area contributed by atoms with Crippen LogP contribution in [0.3, 0.4) is 0 Å². The predicted molar refractivity (Wildman–Crippen MR) is 374 cm³/mol. The second kappa shape index (κ2) is 21.4. The third-order valence-electron chi connectivity index (χ3n) is 18.0. The van der Waals surface area contributed by atoms with Crippen molar-refractivity contribution in [1.82, 2.24) is 0 Å². The molecule has 426 valence electrons. The van der Waals surface area contributed by atoms with Crippen LogP contribution in [0, 0.1) is 13.8 Å². The molecule has 0 fully saturated rings. The van der Waals surface area contributed by atoms with Gasteiger partial charge in [0.15, 0.2) is 0 Å². The van der Waals surface area contributed by atoms with Gasteiger partial charge in [0.1, 0.15) is 22.7 Å². The van der Waals surface area contributed by atoms with E-state index in [2.05, 4.69) is 327 Å². The first-order chi connectivity index (χ1) is 43.6.